The van der Waals surface area contributed by atoms with Gasteiger partial charge in [-0.05, 0) is 30.8 Å². The first-order valence-corrected chi connectivity index (χ1v) is 8.44. The molecule has 21 heavy (non-hydrogen) atoms. The van der Waals surface area contributed by atoms with Crippen molar-refractivity contribution in [1.29, 1.82) is 0 Å². The zero-order chi connectivity index (χ0) is 15.5. The number of nitrogens with zero attached hydrogens (tertiary/aromatic N) is 1. The predicted molar refractivity (Wildman–Crippen MR) is 81.6 cm³/mol. The number of hydrogen-bond acceptors (Lipinski definition) is 5. The van der Waals surface area contributed by atoms with E-state index in [0.717, 1.165) is 11.8 Å². The molecule has 0 aliphatic carbocycles. The molecule has 2 rings (SSSR count). The topological polar surface area (TPSA) is 68.3 Å². The summed E-state index contributed by atoms with van der Waals surface area (Å²) in [4.78, 5) is 4.28. The average molecular weight is 327 g/mol. The van der Waals surface area contributed by atoms with Crippen LogP contribution in [0.4, 0.5) is 0 Å². The third-order valence-electron chi connectivity index (χ3n) is 2.73. The summed E-state index contributed by atoms with van der Waals surface area (Å²) in [6.07, 6.45) is 2.65. The first-order valence-electron chi connectivity index (χ1n) is 6.17. The van der Waals surface area contributed by atoms with Gasteiger partial charge >= 0.3 is 0 Å². The minimum absolute atomic E-state index is 0.199. The number of halogens is 1. The molecule has 0 fully saturated rings. The van der Waals surface area contributed by atoms with E-state index in [0.29, 0.717) is 23.2 Å². The highest BCUT2D eigenvalue weighted by Crippen LogP contribution is 2.25. The molecule has 0 bridgehead atoms. The third kappa shape index (κ3) is 4.17. The Hall–Kier alpha value is -1.63. The van der Waals surface area contributed by atoms with Gasteiger partial charge in [-0.3, -0.25) is 0 Å². The summed E-state index contributed by atoms with van der Waals surface area (Å²) in [7, 11) is -1.46. The molecule has 7 heteroatoms. The maximum Gasteiger partial charge on any atom is 0.219 e. The zero-order valence-corrected chi connectivity index (χ0v) is 13.2. The second kappa shape index (κ2) is 6.43. The van der Waals surface area contributed by atoms with Crippen LogP contribution in [0.5, 0.6) is 11.6 Å². The number of rotatable bonds is 5. The molecule has 2 aromatic rings. The van der Waals surface area contributed by atoms with Crippen molar-refractivity contribution in [2.24, 2.45) is 0 Å². The lowest BCUT2D eigenvalue weighted by Crippen LogP contribution is -2.06. The normalized spacial score (nSPS) is 11.4. The zero-order valence-electron chi connectivity index (χ0n) is 11.6. The van der Waals surface area contributed by atoms with Crippen molar-refractivity contribution in [1.82, 2.24) is 10.3 Å². The van der Waals surface area contributed by atoms with Crippen molar-refractivity contribution in [3.63, 3.8) is 0 Å². The van der Waals surface area contributed by atoms with E-state index >= 15 is 0 Å². The van der Waals surface area contributed by atoms with Crippen molar-refractivity contribution in [3.8, 4) is 11.6 Å². The van der Waals surface area contributed by atoms with Gasteiger partial charge in [0.25, 0.3) is 0 Å². The molecule has 0 atom stereocenters. The molecule has 112 valence electrons. The summed E-state index contributed by atoms with van der Waals surface area (Å²) in [6.45, 7) is 0.584. The molecule has 0 amide bonds. The van der Waals surface area contributed by atoms with Crippen LogP contribution in [0.25, 0.3) is 0 Å². The predicted octanol–water partition coefficient (Wildman–Crippen LogP) is 2.65. The number of ether oxygens (including phenoxy) is 1. The highest BCUT2D eigenvalue weighted by atomic mass is 35.5. The van der Waals surface area contributed by atoms with E-state index in [1.54, 1.807) is 18.2 Å². The van der Waals surface area contributed by atoms with Gasteiger partial charge in [0.15, 0.2) is 9.84 Å². The standard InChI is InChI=1S/C14H15ClN2O3S/c1-16-8-10-6-14(17-9-13(10)15)20-11-4-3-5-12(7-11)21(2,18)19/h3-7,9,16H,8H2,1-2H3. The molecule has 0 aliphatic rings. The fraction of sp³-hybridized carbons (Fsp3) is 0.214. The highest BCUT2D eigenvalue weighted by Gasteiger charge is 2.09. The third-order valence-corrected chi connectivity index (χ3v) is 4.18. The lowest BCUT2D eigenvalue weighted by atomic mass is 10.2. The molecule has 0 saturated heterocycles. The van der Waals surface area contributed by atoms with E-state index in [2.05, 4.69) is 10.3 Å². The molecule has 1 aromatic carbocycles. The lowest BCUT2D eigenvalue weighted by Gasteiger charge is -2.09. The lowest BCUT2D eigenvalue weighted by molar-refractivity contribution is 0.460. The molecule has 0 aliphatic heterocycles. The molecule has 1 N–H and O–H groups in total. The van der Waals surface area contributed by atoms with Gasteiger partial charge in [0.1, 0.15) is 5.75 Å². The second-order valence-corrected chi connectivity index (χ2v) is 6.92. The van der Waals surface area contributed by atoms with Crippen LogP contribution >= 0.6 is 11.6 Å². The first-order chi connectivity index (χ1) is 9.90. The van der Waals surface area contributed by atoms with Crippen molar-refractivity contribution < 1.29 is 13.2 Å². The summed E-state index contributed by atoms with van der Waals surface area (Å²) in [5.74, 6) is 0.762. The van der Waals surface area contributed by atoms with Gasteiger partial charge in [-0.15, -0.1) is 0 Å². The van der Waals surface area contributed by atoms with Gasteiger partial charge in [0, 0.05) is 25.1 Å². The van der Waals surface area contributed by atoms with E-state index in [1.807, 2.05) is 7.05 Å². The second-order valence-electron chi connectivity index (χ2n) is 4.49. The number of pyridine rings is 1. The van der Waals surface area contributed by atoms with Crippen molar-refractivity contribution in [3.05, 3.63) is 47.1 Å². The van der Waals surface area contributed by atoms with Crippen LogP contribution in [0, 0.1) is 0 Å². The minimum Gasteiger partial charge on any atom is -0.439 e. The van der Waals surface area contributed by atoms with Crippen molar-refractivity contribution >= 4 is 21.4 Å². The molecular formula is C14H15ClN2O3S. The number of hydrogen-bond donors (Lipinski definition) is 1. The Bertz CT molecular complexity index is 748. The molecule has 1 heterocycles. The fourth-order valence-electron chi connectivity index (χ4n) is 1.73. The quantitative estimate of drug-likeness (QED) is 0.914. The number of nitrogens with one attached hydrogen (secondary N) is 1. The van der Waals surface area contributed by atoms with Crippen LogP contribution in [0.1, 0.15) is 5.56 Å². The van der Waals surface area contributed by atoms with Gasteiger partial charge < -0.3 is 10.1 Å². The Kier molecular flexibility index (Phi) is 4.82. The fourth-order valence-corrected chi connectivity index (χ4v) is 2.56. The molecule has 0 unspecified atom stereocenters. The SMILES string of the molecule is CNCc1cc(Oc2cccc(S(C)(=O)=O)c2)ncc1Cl. The smallest absolute Gasteiger partial charge is 0.219 e. The first kappa shape index (κ1) is 15.8. The molecule has 0 radical (unpaired) electrons. The van der Waals surface area contributed by atoms with Crippen molar-refractivity contribution in [2.75, 3.05) is 13.3 Å². The van der Waals surface area contributed by atoms with Gasteiger partial charge in [-0.1, -0.05) is 17.7 Å². The molecular weight excluding hydrogens is 312 g/mol. The van der Waals surface area contributed by atoms with E-state index in [4.69, 9.17) is 16.3 Å². The maximum atomic E-state index is 11.5. The minimum atomic E-state index is -3.27. The summed E-state index contributed by atoms with van der Waals surface area (Å²) >= 11 is 6.03. The Morgan fingerprint density at radius 2 is 2.10 bits per heavy atom. The van der Waals surface area contributed by atoms with Crippen LogP contribution in [0.15, 0.2) is 41.4 Å². The molecule has 0 saturated carbocycles. The summed E-state index contributed by atoms with van der Waals surface area (Å²) in [5.41, 5.74) is 0.850. The van der Waals surface area contributed by atoms with Gasteiger partial charge in [0.05, 0.1) is 9.92 Å². The van der Waals surface area contributed by atoms with Crippen LogP contribution < -0.4 is 10.1 Å². The maximum absolute atomic E-state index is 11.5. The Morgan fingerprint density at radius 1 is 1.33 bits per heavy atom. The Morgan fingerprint density at radius 3 is 2.76 bits per heavy atom. The highest BCUT2D eigenvalue weighted by molar-refractivity contribution is 7.90. The van der Waals surface area contributed by atoms with Crippen LogP contribution in [-0.4, -0.2) is 26.7 Å². The summed E-state index contributed by atoms with van der Waals surface area (Å²) in [5, 5.41) is 3.54. The monoisotopic (exact) mass is 326 g/mol. The van der Waals surface area contributed by atoms with Gasteiger partial charge in [0.2, 0.25) is 5.88 Å². The summed E-state index contributed by atoms with van der Waals surface area (Å²) in [6, 6.07) is 7.98. The molecule has 0 spiro atoms. The Balaban J connectivity index is 2.28. The van der Waals surface area contributed by atoms with Crippen molar-refractivity contribution in [2.45, 2.75) is 11.4 Å². The van der Waals surface area contributed by atoms with E-state index in [1.165, 1.54) is 18.3 Å². The van der Waals surface area contributed by atoms with E-state index < -0.39 is 9.84 Å². The van der Waals surface area contributed by atoms with Crippen LogP contribution in [0.3, 0.4) is 0 Å². The Labute approximate surface area is 128 Å². The van der Waals surface area contributed by atoms with Crippen LogP contribution in [-0.2, 0) is 16.4 Å². The average Bonchev–Trinajstić information content (AvgIpc) is 2.42. The number of benzene rings is 1. The van der Waals surface area contributed by atoms with Crippen LogP contribution in [0.2, 0.25) is 5.02 Å². The molecule has 1 aromatic heterocycles. The summed E-state index contributed by atoms with van der Waals surface area (Å²) < 4.78 is 28.6. The number of sulfone groups is 1. The largest absolute Gasteiger partial charge is 0.439 e. The van der Waals surface area contributed by atoms with E-state index in [-0.39, 0.29) is 4.90 Å². The van der Waals surface area contributed by atoms with Gasteiger partial charge in [-0.2, -0.15) is 0 Å². The number of aromatic nitrogens is 1. The van der Waals surface area contributed by atoms with Gasteiger partial charge in [-0.25, -0.2) is 13.4 Å². The molecule has 5 nitrogen and oxygen atoms in total. The van der Waals surface area contributed by atoms with E-state index in [9.17, 15) is 8.42 Å².